The van der Waals surface area contributed by atoms with Crippen LogP contribution in [0.4, 0.5) is 0 Å². The summed E-state index contributed by atoms with van der Waals surface area (Å²) in [6, 6.07) is 2.18. The lowest BCUT2D eigenvalue weighted by atomic mass is 9.87. The van der Waals surface area contributed by atoms with Crippen molar-refractivity contribution in [3.63, 3.8) is 0 Å². The summed E-state index contributed by atoms with van der Waals surface area (Å²) in [5.41, 5.74) is 2.71. The van der Waals surface area contributed by atoms with Gasteiger partial charge in [0.1, 0.15) is 0 Å². The fourth-order valence-electron chi connectivity index (χ4n) is 1.99. The Bertz CT molecular complexity index is 326. The summed E-state index contributed by atoms with van der Waals surface area (Å²) in [4.78, 5) is 0. The van der Waals surface area contributed by atoms with Crippen LogP contribution in [0.1, 0.15) is 38.6 Å². The first-order valence-electron chi connectivity index (χ1n) is 6.15. The van der Waals surface area contributed by atoms with Gasteiger partial charge in [-0.05, 0) is 37.8 Å². The molecule has 0 bridgehead atoms. The third-order valence-electron chi connectivity index (χ3n) is 2.79. The zero-order valence-electron chi connectivity index (χ0n) is 11.3. The topological polar surface area (TPSA) is 29.9 Å². The molecule has 92 valence electrons. The first kappa shape index (κ1) is 13.2. The van der Waals surface area contributed by atoms with Crippen molar-refractivity contribution in [2.75, 3.05) is 13.1 Å². The Kier molecular flexibility index (Phi) is 4.54. The van der Waals surface area contributed by atoms with Gasteiger partial charge in [-0.15, -0.1) is 0 Å². The summed E-state index contributed by atoms with van der Waals surface area (Å²) in [5, 5.41) is 7.88. The van der Waals surface area contributed by atoms with Gasteiger partial charge in [0.15, 0.2) is 0 Å². The average molecular weight is 223 g/mol. The summed E-state index contributed by atoms with van der Waals surface area (Å²) < 4.78 is 2.00. The molecule has 3 heteroatoms. The average Bonchev–Trinajstić information content (AvgIpc) is 2.44. The molecule has 0 amide bonds. The summed E-state index contributed by atoms with van der Waals surface area (Å²) >= 11 is 0. The van der Waals surface area contributed by atoms with Crippen LogP contribution in [0.15, 0.2) is 6.07 Å². The molecule has 0 fully saturated rings. The van der Waals surface area contributed by atoms with Crippen LogP contribution in [0, 0.1) is 12.3 Å². The van der Waals surface area contributed by atoms with Crippen LogP contribution in [0.2, 0.25) is 0 Å². The molecule has 3 nitrogen and oxygen atoms in total. The normalized spacial score (nSPS) is 12.1. The van der Waals surface area contributed by atoms with Crippen molar-refractivity contribution in [2.45, 2.75) is 40.5 Å². The monoisotopic (exact) mass is 223 g/mol. The summed E-state index contributed by atoms with van der Waals surface area (Å²) in [6.45, 7) is 11.0. The third-order valence-corrected chi connectivity index (χ3v) is 2.79. The van der Waals surface area contributed by atoms with E-state index in [1.165, 1.54) is 12.1 Å². The van der Waals surface area contributed by atoms with E-state index < -0.39 is 0 Å². The lowest BCUT2D eigenvalue weighted by Crippen LogP contribution is -2.32. The molecule has 0 aliphatic rings. The molecule has 0 spiro atoms. The molecular formula is C13H25N3. The summed E-state index contributed by atoms with van der Waals surface area (Å²) in [7, 11) is 2.03. The van der Waals surface area contributed by atoms with Crippen LogP contribution >= 0.6 is 0 Å². The Hall–Kier alpha value is -0.830. The largest absolute Gasteiger partial charge is 0.316 e. The minimum atomic E-state index is 0.287. The molecule has 0 aromatic carbocycles. The fraction of sp³-hybridized carbons (Fsp3) is 0.769. The first-order chi connectivity index (χ1) is 7.44. The lowest BCUT2D eigenvalue weighted by molar-refractivity contribution is 0.331. The molecule has 1 rings (SSSR count). The number of nitrogens with one attached hydrogen (secondary N) is 1. The maximum Gasteiger partial charge on any atom is 0.0596 e. The number of rotatable bonds is 6. The number of hydrogen-bond donors (Lipinski definition) is 1. The second kappa shape index (κ2) is 5.48. The highest BCUT2D eigenvalue weighted by Gasteiger charge is 2.19. The number of aromatic nitrogens is 2. The molecule has 0 aliphatic heterocycles. The van der Waals surface area contributed by atoms with Crippen molar-refractivity contribution in [3.8, 4) is 0 Å². The Balaban J connectivity index is 2.54. The minimum absolute atomic E-state index is 0.287. The van der Waals surface area contributed by atoms with E-state index in [2.05, 4.69) is 37.3 Å². The first-order valence-corrected chi connectivity index (χ1v) is 6.15. The quantitative estimate of drug-likeness (QED) is 0.750. The van der Waals surface area contributed by atoms with E-state index in [1.54, 1.807) is 0 Å². The lowest BCUT2D eigenvalue weighted by Gasteiger charge is -2.25. The summed E-state index contributed by atoms with van der Waals surface area (Å²) in [5.74, 6) is 0. The number of nitrogens with zero attached hydrogens (tertiary/aromatic N) is 2. The van der Waals surface area contributed by atoms with Crippen LogP contribution in [0.25, 0.3) is 0 Å². The van der Waals surface area contributed by atoms with Crippen LogP contribution in [0.5, 0.6) is 0 Å². The fourth-order valence-corrected chi connectivity index (χ4v) is 1.99. The van der Waals surface area contributed by atoms with Crippen molar-refractivity contribution in [3.05, 3.63) is 17.5 Å². The molecule has 0 saturated heterocycles. The van der Waals surface area contributed by atoms with Gasteiger partial charge >= 0.3 is 0 Å². The molecule has 1 aromatic rings. The highest BCUT2D eigenvalue weighted by molar-refractivity contribution is 5.10. The van der Waals surface area contributed by atoms with Gasteiger partial charge in [-0.2, -0.15) is 5.10 Å². The zero-order valence-corrected chi connectivity index (χ0v) is 11.3. The van der Waals surface area contributed by atoms with Gasteiger partial charge in [-0.1, -0.05) is 20.8 Å². The molecule has 16 heavy (non-hydrogen) atoms. The van der Waals surface area contributed by atoms with Crippen molar-refractivity contribution < 1.29 is 0 Å². The molecule has 0 radical (unpaired) electrons. The van der Waals surface area contributed by atoms with E-state index in [1.807, 2.05) is 18.7 Å². The molecule has 0 aliphatic carbocycles. The van der Waals surface area contributed by atoms with Gasteiger partial charge < -0.3 is 5.32 Å². The van der Waals surface area contributed by atoms with Gasteiger partial charge in [0.2, 0.25) is 0 Å². The van der Waals surface area contributed by atoms with E-state index in [0.717, 1.165) is 25.2 Å². The SMILES string of the molecule is CCCNCC(C)(C)Cc1cc(C)nn1C. The maximum atomic E-state index is 4.39. The second-order valence-electron chi connectivity index (χ2n) is 5.42. The predicted octanol–water partition coefficient (Wildman–Crippen LogP) is 2.30. The van der Waals surface area contributed by atoms with Gasteiger partial charge in [-0.3, -0.25) is 4.68 Å². The van der Waals surface area contributed by atoms with Gasteiger partial charge in [0, 0.05) is 19.3 Å². The molecule has 1 aromatic heterocycles. The van der Waals surface area contributed by atoms with Crippen LogP contribution < -0.4 is 5.32 Å². The summed E-state index contributed by atoms with van der Waals surface area (Å²) in [6.07, 6.45) is 2.27. The smallest absolute Gasteiger partial charge is 0.0596 e. The Morgan fingerprint density at radius 1 is 1.44 bits per heavy atom. The molecule has 1 N–H and O–H groups in total. The second-order valence-corrected chi connectivity index (χ2v) is 5.42. The predicted molar refractivity (Wildman–Crippen MR) is 68.6 cm³/mol. The van der Waals surface area contributed by atoms with Crippen LogP contribution in [0.3, 0.4) is 0 Å². The molecule has 1 heterocycles. The van der Waals surface area contributed by atoms with E-state index >= 15 is 0 Å². The van der Waals surface area contributed by atoms with Gasteiger partial charge in [0.05, 0.1) is 5.69 Å². The number of aryl methyl sites for hydroxylation is 2. The molecule has 0 unspecified atom stereocenters. The third kappa shape index (κ3) is 3.97. The number of hydrogen-bond acceptors (Lipinski definition) is 2. The van der Waals surface area contributed by atoms with Crippen LogP contribution in [-0.4, -0.2) is 22.9 Å². The standard InChI is InChI=1S/C13H25N3/c1-6-7-14-10-13(3,4)9-12-8-11(2)15-16(12)5/h8,14H,6-7,9-10H2,1-5H3. The van der Waals surface area contributed by atoms with Crippen molar-refractivity contribution in [2.24, 2.45) is 12.5 Å². The Morgan fingerprint density at radius 3 is 2.62 bits per heavy atom. The minimum Gasteiger partial charge on any atom is -0.316 e. The molecular weight excluding hydrogens is 198 g/mol. The molecule has 0 saturated carbocycles. The van der Waals surface area contributed by atoms with E-state index in [9.17, 15) is 0 Å². The zero-order chi connectivity index (χ0) is 12.2. The van der Waals surface area contributed by atoms with Crippen molar-refractivity contribution in [1.29, 1.82) is 0 Å². The van der Waals surface area contributed by atoms with Crippen molar-refractivity contribution in [1.82, 2.24) is 15.1 Å². The Labute approximate surface area is 99.2 Å². The van der Waals surface area contributed by atoms with E-state index in [-0.39, 0.29) is 5.41 Å². The van der Waals surface area contributed by atoms with E-state index in [4.69, 9.17) is 0 Å². The molecule has 0 atom stereocenters. The highest BCUT2D eigenvalue weighted by atomic mass is 15.3. The van der Waals surface area contributed by atoms with Crippen molar-refractivity contribution >= 4 is 0 Å². The van der Waals surface area contributed by atoms with Crippen LogP contribution in [-0.2, 0) is 13.5 Å². The van der Waals surface area contributed by atoms with Gasteiger partial charge in [-0.25, -0.2) is 0 Å². The Morgan fingerprint density at radius 2 is 2.12 bits per heavy atom. The maximum absolute atomic E-state index is 4.39. The van der Waals surface area contributed by atoms with E-state index in [0.29, 0.717) is 0 Å². The highest BCUT2D eigenvalue weighted by Crippen LogP contribution is 2.21. The van der Waals surface area contributed by atoms with Gasteiger partial charge in [0.25, 0.3) is 0 Å².